The zero-order valence-corrected chi connectivity index (χ0v) is 12.7. The summed E-state index contributed by atoms with van der Waals surface area (Å²) in [4.78, 5) is 15.8. The van der Waals surface area contributed by atoms with Crippen LogP contribution in [0, 0.1) is 12.3 Å². The number of hydrogen-bond acceptors (Lipinski definition) is 3. The Balaban J connectivity index is 0. The first-order valence-electron chi connectivity index (χ1n) is 5.29. The van der Waals surface area contributed by atoms with E-state index in [4.69, 9.17) is 5.73 Å². The molecule has 104 valence electrons. The third kappa shape index (κ3) is 5.21. The van der Waals surface area contributed by atoms with Gasteiger partial charge in [-0.25, -0.2) is 0 Å². The lowest BCUT2D eigenvalue weighted by Gasteiger charge is -2.26. The molecule has 0 radical (unpaired) electrons. The van der Waals surface area contributed by atoms with Gasteiger partial charge in [0.25, 0.3) is 0 Å². The molecule has 1 aromatic heterocycles. The van der Waals surface area contributed by atoms with Gasteiger partial charge in [0.05, 0.1) is 6.04 Å². The maximum atomic E-state index is 11.9. The smallest absolute Gasteiger partial charge is 0.241 e. The van der Waals surface area contributed by atoms with Gasteiger partial charge in [-0.2, -0.15) is 0 Å². The van der Waals surface area contributed by atoms with E-state index in [1.165, 1.54) is 0 Å². The molecule has 1 rings (SSSR count). The van der Waals surface area contributed by atoms with Crippen molar-refractivity contribution >= 4 is 36.4 Å². The number of halogens is 2. The lowest BCUT2D eigenvalue weighted by atomic mass is 9.87. The normalized spacial score (nSPS) is 11.8. The highest BCUT2D eigenvalue weighted by molar-refractivity contribution is 5.95. The first kappa shape index (κ1) is 19.5. The number of carbonyl (C=O) groups is 1. The molecule has 0 aliphatic heterocycles. The Bertz CT molecular complexity index is 391. The van der Waals surface area contributed by atoms with Gasteiger partial charge in [0.2, 0.25) is 5.91 Å². The number of nitrogens with one attached hydrogen (secondary N) is 1. The number of aryl methyl sites for hydroxylation is 1. The lowest BCUT2D eigenvalue weighted by Crippen LogP contribution is -2.45. The summed E-state index contributed by atoms with van der Waals surface area (Å²) in [6.45, 7) is 7.72. The van der Waals surface area contributed by atoms with E-state index in [0.717, 1.165) is 11.3 Å². The average Bonchev–Trinajstić information content (AvgIpc) is 2.19. The van der Waals surface area contributed by atoms with Crippen LogP contribution in [0.1, 0.15) is 26.3 Å². The lowest BCUT2D eigenvalue weighted by molar-refractivity contribution is -0.119. The highest BCUT2D eigenvalue weighted by Crippen LogP contribution is 2.19. The summed E-state index contributed by atoms with van der Waals surface area (Å²) in [6, 6.07) is 1.24. The van der Waals surface area contributed by atoms with E-state index in [2.05, 4.69) is 10.3 Å². The van der Waals surface area contributed by atoms with Crippen molar-refractivity contribution in [1.82, 2.24) is 4.98 Å². The van der Waals surface area contributed by atoms with Gasteiger partial charge in [0.15, 0.2) is 0 Å². The second-order valence-electron chi connectivity index (χ2n) is 5.02. The first-order chi connectivity index (χ1) is 7.32. The molecule has 1 heterocycles. The molecule has 0 saturated heterocycles. The van der Waals surface area contributed by atoms with Crippen LogP contribution in [0.3, 0.4) is 0 Å². The summed E-state index contributed by atoms with van der Waals surface area (Å²) < 4.78 is 0. The van der Waals surface area contributed by atoms with Crippen molar-refractivity contribution in [2.24, 2.45) is 11.1 Å². The SMILES string of the molecule is Cc1cnccc1NC(=O)[C@@H](N)C(C)(C)C.Cl.Cl. The summed E-state index contributed by atoms with van der Waals surface area (Å²) in [5, 5.41) is 2.81. The predicted molar refractivity (Wildman–Crippen MR) is 79.5 cm³/mol. The van der Waals surface area contributed by atoms with Gasteiger partial charge >= 0.3 is 0 Å². The molecule has 18 heavy (non-hydrogen) atoms. The number of anilines is 1. The Morgan fingerprint density at radius 3 is 2.39 bits per heavy atom. The van der Waals surface area contributed by atoms with Crippen molar-refractivity contribution in [3.8, 4) is 0 Å². The van der Waals surface area contributed by atoms with Crippen molar-refractivity contribution in [2.45, 2.75) is 33.7 Å². The number of nitrogens with zero attached hydrogens (tertiary/aromatic N) is 1. The van der Waals surface area contributed by atoms with Gasteiger partial charge in [-0.05, 0) is 24.0 Å². The largest absolute Gasteiger partial charge is 0.324 e. The Morgan fingerprint density at radius 2 is 1.94 bits per heavy atom. The van der Waals surface area contributed by atoms with Crippen molar-refractivity contribution in [2.75, 3.05) is 5.32 Å². The highest BCUT2D eigenvalue weighted by atomic mass is 35.5. The van der Waals surface area contributed by atoms with Crippen LogP contribution in [0.15, 0.2) is 18.5 Å². The van der Waals surface area contributed by atoms with E-state index in [1.54, 1.807) is 18.5 Å². The monoisotopic (exact) mass is 293 g/mol. The number of carbonyl (C=O) groups excluding carboxylic acids is 1. The fraction of sp³-hybridized carbons (Fsp3) is 0.500. The van der Waals surface area contributed by atoms with Gasteiger partial charge in [-0.3, -0.25) is 9.78 Å². The van der Waals surface area contributed by atoms with E-state index < -0.39 is 6.04 Å². The molecule has 0 spiro atoms. The summed E-state index contributed by atoms with van der Waals surface area (Å²) in [7, 11) is 0. The molecule has 3 N–H and O–H groups in total. The molecule has 0 unspecified atom stereocenters. The summed E-state index contributed by atoms with van der Waals surface area (Å²) in [6.07, 6.45) is 3.35. The minimum atomic E-state index is -0.528. The van der Waals surface area contributed by atoms with Crippen molar-refractivity contribution in [1.29, 1.82) is 0 Å². The standard InChI is InChI=1S/C12H19N3O.2ClH/c1-8-7-14-6-5-9(8)15-11(16)10(13)12(2,3)4;;/h5-7,10H,13H2,1-4H3,(H,14,15,16);2*1H/t10-;;/m1../s1. The van der Waals surface area contributed by atoms with Crippen LogP contribution >= 0.6 is 24.8 Å². The number of amides is 1. The Hall–Kier alpha value is -0.840. The van der Waals surface area contributed by atoms with Gasteiger partial charge in [0, 0.05) is 18.1 Å². The second-order valence-corrected chi connectivity index (χ2v) is 5.02. The Morgan fingerprint density at radius 1 is 1.39 bits per heavy atom. The molecule has 6 heteroatoms. The van der Waals surface area contributed by atoms with E-state index in [1.807, 2.05) is 27.7 Å². The average molecular weight is 294 g/mol. The molecule has 4 nitrogen and oxygen atoms in total. The second kappa shape index (κ2) is 7.56. The zero-order chi connectivity index (χ0) is 12.3. The predicted octanol–water partition coefficient (Wildman–Crippen LogP) is 2.55. The fourth-order valence-electron chi connectivity index (χ4n) is 1.22. The molecule has 0 saturated carbocycles. The van der Waals surface area contributed by atoms with E-state index >= 15 is 0 Å². The molecule has 1 aromatic rings. The number of pyridine rings is 1. The molecular formula is C12H21Cl2N3O. The number of aromatic nitrogens is 1. The number of hydrogen-bond donors (Lipinski definition) is 2. The van der Waals surface area contributed by atoms with Crippen LogP contribution < -0.4 is 11.1 Å². The van der Waals surface area contributed by atoms with Gasteiger partial charge < -0.3 is 11.1 Å². The van der Waals surface area contributed by atoms with Crippen LogP contribution in [0.4, 0.5) is 5.69 Å². The number of rotatable bonds is 2. The fourth-order valence-corrected chi connectivity index (χ4v) is 1.22. The van der Waals surface area contributed by atoms with Crippen LogP contribution in [0.5, 0.6) is 0 Å². The van der Waals surface area contributed by atoms with Crippen molar-refractivity contribution < 1.29 is 4.79 Å². The zero-order valence-electron chi connectivity index (χ0n) is 11.1. The minimum Gasteiger partial charge on any atom is -0.324 e. The molecular weight excluding hydrogens is 273 g/mol. The third-order valence-electron chi connectivity index (χ3n) is 2.49. The molecule has 0 fully saturated rings. The Kier molecular flexibility index (Phi) is 8.19. The molecule has 0 aromatic carbocycles. The topological polar surface area (TPSA) is 68.0 Å². The maximum absolute atomic E-state index is 11.9. The van der Waals surface area contributed by atoms with E-state index in [0.29, 0.717) is 0 Å². The van der Waals surface area contributed by atoms with E-state index in [9.17, 15) is 4.79 Å². The first-order valence-corrected chi connectivity index (χ1v) is 5.29. The highest BCUT2D eigenvalue weighted by Gasteiger charge is 2.27. The van der Waals surface area contributed by atoms with Crippen LogP contribution in [0.25, 0.3) is 0 Å². The number of nitrogens with two attached hydrogens (primary N) is 1. The molecule has 0 aliphatic rings. The molecule has 1 amide bonds. The van der Waals surface area contributed by atoms with Gasteiger partial charge in [-0.15, -0.1) is 24.8 Å². The summed E-state index contributed by atoms with van der Waals surface area (Å²) in [5.74, 6) is -0.165. The molecule has 1 atom stereocenters. The Labute approximate surface area is 121 Å². The van der Waals surface area contributed by atoms with Crippen molar-refractivity contribution in [3.05, 3.63) is 24.0 Å². The molecule has 0 bridgehead atoms. The van der Waals surface area contributed by atoms with Crippen LogP contribution in [-0.2, 0) is 4.79 Å². The van der Waals surface area contributed by atoms with Gasteiger partial charge in [0.1, 0.15) is 0 Å². The minimum absolute atomic E-state index is 0. The van der Waals surface area contributed by atoms with Crippen molar-refractivity contribution in [3.63, 3.8) is 0 Å². The maximum Gasteiger partial charge on any atom is 0.241 e. The van der Waals surface area contributed by atoms with E-state index in [-0.39, 0.29) is 36.1 Å². The van der Waals surface area contributed by atoms with Gasteiger partial charge in [-0.1, -0.05) is 20.8 Å². The summed E-state index contributed by atoms with van der Waals surface area (Å²) >= 11 is 0. The molecule has 0 aliphatic carbocycles. The van der Waals surface area contributed by atoms with Crippen LogP contribution in [-0.4, -0.2) is 16.9 Å². The summed E-state index contributed by atoms with van der Waals surface area (Å²) in [5.41, 5.74) is 7.31. The third-order valence-corrected chi connectivity index (χ3v) is 2.49. The quantitative estimate of drug-likeness (QED) is 0.880. The van der Waals surface area contributed by atoms with Crippen LogP contribution in [0.2, 0.25) is 0 Å².